The van der Waals surface area contributed by atoms with Gasteiger partial charge in [0.05, 0.1) is 6.20 Å². The summed E-state index contributed by atoms with van der Waals surface area (Å²) in [7, 11) is 0. The second-order valence-corrected chi connectivity index (χ2v) is 3.70. The fraction of sp³-hybridized carbons (Fsp3) is 0.231. The van der Waals surface area contributed by atoms with Crippen molar-refractivity contribution in [3.8, 4) is 11.5 Å². The minimum Gasteiger partial charge on any atom is -0.441 e. The van der Waals surface area contributed by atoms with Crippen molar-refractivity contribution in [2.24, 2.45) is 0 Å². The van der Waals surface area contributed by atoms with Crippen LogP contribution in [0.5, 0.6) is 0 Å². The van der Waals surface area contributed by atoms with Gasteiger partial charge in [0.15, 0.2) is 0 Å². The summed E-state index contributed by atoms with van der Waals surface area (Å²) in [6, 6.07) is 9.72. The second-order valence-electron chi connectivity index (χ2n) is 3.70. The van der Waals surface area contributed by atoms with Gasteiger partial charge >= 0.3 is 0 Å². The van der Waals surface area contributed by atoms with E-state index in [1.165, 1.54) is 0 Å². The molecule has 0 atom stereocenters. The van der Waals surface area contributed by atoms with E-state index in [1.54, 1.807) is 13.1 Å². The number of ketones is 1. The lowest BCUT2D eigenvalue weighted by Crippen LogP contribution is -1.92. The Morgan fingerprint density at radius 3 is 2.75 bits per heavy atom. The Bertz CT molecular complexity index is 474. The number of carbonyl (C=O) groups excluding carboxylic acids is 1. The molecule has 2 aromatic rings. The third-order valence-corrected chi connectivity index (χ3v) is 2.30. The first-order valence-corrected chi connectivity index (χ1v) is 5.25. The van der Waals surface area contributed by atoms with Crippen molar-refractivity contribution in [3.05, 3.63) is 42.3 Å². The van der Waals surface area contributed by atoms with Crippen molar-refractivity contribution in [3.63, 3.8) is 0 Å². The molecule has 0 amide bonds. The molecule has 2 rings (SSSR count). The summed E-state index contributed by atoms with van der Waals surface area (Å²) in [6.45, 7) is 1.58. The van der Waals surface area contributed by atoms with Crippen LogP contribution in [0.25, 0.3) is 11.5 Å². The zero-order valence-electron chi connectivity index (χ0n) is 9.14. The number of rotatable bonds is 4. The number of aromatic nitrogens is 1. The Morgan fingerprint density at radius 1 is 1.31 bits per heavy atom. The van der Waals surface area contributed by atoms with Gasteiger partial charge in [-0.25, -0.2) is 4.98 Å². The summed E-state index contributed by atoms with van der Waals surface area (Å²) in [6.07, 6.45) is 2.81. The van der Waals surface area contributed by atoms with Crippen LogP contribution in [0, 0.1) is 0 Å². The maximum Gasteiger partial charge on any atom is 0.226 e. The van der Waals surface area contributed by atoms with Crippen LogP contribution in [-0.4, -0.2) is 10.8 Å². The summed E-state index contributed by atoms with van der Waals surface area (Å²) >= 11 is 0. The molecule has 1 aromatic heterocycles. The van der Waals surface area contributed by atoms with Crippen LogP contribution in [0.1, 0.15) is 19.1 Å². The van der Waals surface area contributed by atoms with E-state index in [1.807, 2.05) is 30.3 Å². The van der Waals surface area contributed by atoms with Crippen molar-refractivity contribution in [1.82, 2.24) is 4.98 Å². The molecule has 0 aliphatic heterocycles. The van der Waals surface area contributed by atoms with Gasteiger partial charge in [-0.2, -0.15) is 0 Å². The highest BCUT2D eigenvalue weighted by Crippen LogP contribution is 2.19. The SMILES string of the molecule is CC(=O)CCc1cnc(-c2ccccc2)o1. The number of hydrogen-bond acceptors (Lipinski definition) is 3. The lowest BCUT2D eigenvalue weighted by molar-refractivity contribution is -0.117. The molecule has 0 saturated carbocycles. The van der Waals surface area contributed by atoms with E-state index >= 15 is 0 Å². The van der Waals surface area contributed by atoms with Crippen LogP contribution in [0.2, 0.25) is 0 Å². The molecule has 82 valence electrons. The lowest BCUT2D eigenvalue weighted by atomic mass is 10.2. The highest BCUT2D eigenvalue weighted by Gasteiger charge is 2.06. The van der Waals surface area contributed by atoms with E-state index < -0.39 is 0 Å². The summed E-state index contributed by atoms with van der Waals surface area (Å²) < 4.78 is 5.56. The molecule has 16 heavy (non-hydrogen) atoms. The lowest BCUT2D eigenvalue weighted by Gasteiger charge is -1.94. The van der Waals surface area contributed by atoms with Gasteiger partial charge in [0.2, 0.25) is 5.89 Å². The Balaban J connectivity index is 2.11. The molecule has 0 bridgehead atoms. The number of oxazole rings is 1. The van der Waals surface area contributed by atoms with Gasteiger partial charge in [0, 0.05) is 18.4 Å². The second kappa shape index (κ2) is 4.75. The monoisotopic (exact) mass is 215 g/mol. The van der Waals surface area contributed by atoms with Crippen LogP contribution in [-0.2, 0) is 11.2 Å². The van der Waals surface area contributed by atoms with Crippen molar-refractivity contribution in [2.75, 3.05) is 0 Å². The Hall–Kier alpha value is -1.90. The highest BCUT2D eigenvalue weighted by molar-refractivity contribution is 5.75. The molecule has 1 heterocycles. The molecular weight excluding hydrogens is 202 g/mol. The first kappa shape index (κ1) is 10.6. The molecule has 0 fully saturated rings. The molecule has 1 aromatic carbocycles. The molecule has 0 radical (unpaired) electrons. The third kappa shape index (κ3) is 2.57. The molecule has 3 nitrogen and oxygen atoms in total. The smallest absolute Gasteiger partial charge is 0.226 e. The first-order chi connectivity index (χ1) is 7.75. The summed E-state index contributed by atoms with van der Waals surface area (Å²) in [4.78, 5) is 15.0. The third-order valence-electron chi connectivity index (χ3n) is 2.30. The average Bonchev–Trinajstić information content (AvgIpc) is 2.76. The normalized spacial score (nSPS) is 10.3. The predicted octanol–water partition coefficient (Wildman–Crippen LogP) is 2.86. The van der Waals surface area contributed by atoms with Crippen LogP contribution in [0.4, 0.5) is 0 Å². The highest BCUT2D eigenvalue weighted by atomic mass is 16.4. The number of hydrogen-bond donors (Lipinski definition) is 0. The molecule has 0 spiro atoms. The van der Waals surface area contributed by atoms with Crippen LogP contribution >= 0.6 is 0 Å². The fourth-order valence-corrected chi connectivity index (χ4v) is 1.44. The van der Waals surface area contributed by atoms with Crippen molar-refractivity contribution in [2.45, 2.75) is 19.8 Å². The average molecular weight is 215 g/mol. The van der Waals surface area contributed by atoms with Crippen molar-refractivity contribution in [1.29, 1.82) is 0 Å². The topological polar surface area (TPSA) is 43.1 Å². The fourth-order valence-electron chi connectivity index (χ4n) is 1.44. The van der Waals surface area contributed by atoms with Gasteiger partial charge in [-0.05, 0) is 19.1 Å². The molecule has 3 heteroatoms. The van der Waals surface area contributed by atoms with E-state index in [9.17, 15) is 4.79 Å². The van der Waals surface area contributed by atoms with Crippen LogP contribution < -0.4 is 0 Å². The minimum atomic E-state index is 0.165. The maximum absolute atomic E-state index is 10.8. The van der Waals surface area contributed by atoms with E-state index in [0.717, 1.165) is 11.3 Å². The number of nitrogens with zero attached hydrogens (tertiary/aromatic N) is 1. The van der Waals surface area contributed by atoms with E-state index in [4.69, 9.17) is 4.42 Å². The molecule has 0 unspecified atom stereocenters. The van der Waals surface area contributed by atoms with E-state index in [2.05, 4.69) is 4.98 Å². The van der Waals surface area contributed by atoms with Crippen LogP contribution in [0.15, 0.2) is 40.9 Å². The number of benzene rings is 1. The summed E-state index contributed by atoms with van der Waals surface area (Å²) in [5.41, 5.74) is 0.955. The van der Waals surface area contributed by atoms with Gasteiger partial charge in [-0.15, -0.1) is 0 Å². The molecule has 0 aliphatic rings. The van der Waals surface area contributed by atoms with Gasteiger partial charge in [0.1, 0.15) is 11.5 Å². The van der Waals surface area contributed by atoms with Gasteiger partial charge in [-0.3, -0.25) is 0 Å². The van der Waals surface area contributed by atoms with Gasteiger partial charge < -0.3 is 9.21 Å². The number of carbonyl (C=O) groups is 1. The van der Waals surface area contributed by atoms with E-state index in [0.29, 0.717) is 18.7 Å². The Kier molecular flexibility index (Phi) is 3.15. The zero-order valence-corrected chi connectivity index (χ0v) is 9.14. The first-order valence-electron chi connectivity index (χ1n) is 5.25. The van der Waals surface area contributed by atoms with Gasteiger partial charge in [-0.1, -0.05) is 18.2 Å². The summed E-state index contributed by atoms with van der Waals surface area (Å²) in [5.74, 6) is 1.53. The maximum atomic E-state index is 10.8. The number of Topliss-reactive ketones (excluding diaryl/α,β-unsaturated/α-hetero) is 1. The number of aryl methyl sites for hydroxylation is 1. The zero-order chi connectivity index (χ0) is 11.4. The molecule has 0 aliphatic carbocycles. The van der Waals surface area contributed by atoms with Crippen LogP contribution in [0.3, 0.4) is 0 Å². The van der Waals surface area contributed by atoms with Crippen molar-refractivity contribution >= 4 is 5.78 Å². The molecule has 0 N–H and O–H groups in total. The molecule has 0 saturated heterocycles. The summed E-state index contributed by atoms with van der Waals surface area (Å²) in [5, 5.41) is 0. The molecular formula is C13H13NO2. The van der Waals surface area contributed by atoms with Gasteiger partial charge in [0.25, 0.3) is 0 Å². The van der Waals surface area contributed by atoms with E-state index in [-0.39, 0.29) is 5.78 Å². The standard InChI is InChI=1S/C13H13NO2/c1-10(15)7-8-12-9-14-13(16-12)11-5-3-2-4-6-11/h2-6,9H,7-8H2,1H3. The quantitative estimate of drug-likeness (QED) is 0.787. The largest absolute Gasteiger partial charge is 0.441 e. The van der Waals surface area contributed by atoms with Crippen molar-refractivity contribution < 1.29 is 9.21 Å². The predicted molar refractivity (Wildman–Crippen MR) is 60.9 cm³/mol. The Labute approximate surface area is 94.1 Å². The minimum absolute atomic E-state index is 0.165. The Morgan fingerprint density at radius 2 is 2.06 bits per heavy atom.